The predicted molar refractivity (Wildman–Crippen MR) is 62.1 cm³/mol. The molecule has 0 aromatic heterocycles. The van der Waals surface area contributed by atoms with Gasteiger partial charge >= 0.3 is 0 Å². The van der Waals surface area contributed by atoms with Crippen LogP contribution in [0.15, 0.2) is 24.3 Å². The van der Waals surface area contributed by atoms with Gasteiger partial charge in [-0.15, -0.1) is 0 Å². The van der Waals surface area contributed by atoms with Crippen molar-refractivity contribution in [1.29, 1.82) is 0 Å². The Labute approximate surface area is 95.4 Å². The summed E-state index contributed by atoms with van der Waals surface area (Å²) >= 11 is 0. The van der Waals surface area contributed by atoms with Crippen LogP contribution in [0, 0.1) is 0 Å². The van der Waals surface area contributed by atoms with Gasteiger partial charge in [0, 0.05) is 26.2 Å². The molecule has 2 heterocycles. The fraction of sp³-hybridized carbons (Fsp3) is 0.538. The van der Waals surface area contributed by atoms with Gasteiger partial charge in [0.05, 0.1) is 6.04 Å². The summed E-state index contributed by atoms with van der Waals surface area (Å²) in [5.74, 6) is 0. The number of hydrogen-bond donors (Lipinski definition) is 1. The SMILES string of the molecule is FC1CNCC1N1CCc2ccccc2C1. The normalized spacial score (nSPS) is 30.3. The molecule has 86 valence electrons. The summed E-state index contributed by atoms with van der Waals surface area (Å²) in [5, 5.41) is 3.13. The summed E-state index contributed by atoms with van der Waals surface area (Å²) in [6, 6.07) is 8.59. The van der Waals surface area contributed by atoms with Crippen LogP contribution in [0.5, 0.6) is 0 Å². The molecular formula is C13H17FN2. The number of fused-ring (bicyclic) bond motifs is 1. The van der Waals surface area contributed by atoms with E-state index in [9.17, 15) is 4.39 Å². The van der Waals surface area contributed by atoms with Crippen LogP contribution >= 0.6 is 0 Å². The van der Waals surface area contributed by atoms with Gasteiger partial charge in [0.15, 0.2) is 0 Å². The first-order valence-electron chi connectivity index (χ1n) is 6.00. The van der Waals surface area contributed by atoms with Crippen LogP contribution in [-0.2, 0) is 13.0 Å². The van der Waals surface area contributed by atoms with Crippen molar-refractivity contribution in [3.63, 3.8) is 0 Å². The van der Waals surface area contributed by atoms with Gasteiger partial charge in [0.25, 0.3) is 0 Å². The predicted octanol–water partition coefficient (Wildman–Crippen LogP) is 1.35. The van der Waals surface area contributed by atoms with E-state index in [0.717, 1.165) is 26.1 Å². The zero-order chi connectivity index (χ0) is 11.0. The van der Waals surface area contributed by atoms with Crippen molar-refractivity contribution in [2.45, 2.75) is 25.2 Å². The monoisotopic (exact) mass is 220 g/mol. The number of hydrogen-bond acceptors (Lipinski definition) is 2. The molecule has 16 heavy (non-hydrogen) atoms. The number of halogens is 1. The smallest absolute Gasteiger partial charge is 0.129 e. The summed E-state index contributed by atoms with van der Waals surface area (Å²) in [5.41, 5.74) is 2.80. The molecule has 1 aromatic carbocycles. The molecule has 0 aliphatic carbocycles. The Hall–Kier alpha value is -0.930. The van der Waals surface area contributed by atoms with Crippen molar-refractivity contribution in [1.82, 2.24) is 10.2 Å². The highest BCUT2D eigenvalue weighted by Gasteiger charge is 2.33. The summed E-state index contributed by atoms with van der Waals surface area (Å²) in [4.78, 5) is 2.28. The van der Waals surface area contributed by atoms with E-state index in [0.29, 0.717) is 6.54 Å². The second-order valence-electron chi connectivity index (χ2n) is 4.73. The topological polar surface area (TPSA) is 15.3 Å². The quantitative estimate of drug-likeness (QED) is 0.768. The van der Waals surface area contributed by atoms with Gasteiger partial charge in [-0.1, -0.05) is 24.3 Å². The van der Waals surface area contributed by atoms with Crippen LogP contribution < -0.4 is 5.32 Å². The Morgan fingerprint density at radius 1 is 1.19 bits per heavy atom. The van der Waals surface area contributed by atoms with E-state index in [2.05, 4.69) is 34.5 Å². The van der Waals surface area contributed by atoms with Crippen molar-refractivity contribution in [2.24, 2.45) is 0 Å². The van der Waals surface area contributed by atoms with E-state index in [1.807, 2.05) is 0 Å². The van der Waals surface area contributed by atoms with Crippen molar-refractivity contribution >= 4 is 0 Å². The first-order chi connectivity index (χ1) is 7.84. The van der Waals surface area contributed by atoms with Gasteiger partial charge in [-0.05, 0) is 17.5 Å². The molecule has 2 aliphatic rings. The lowest BCUT2D eigenvalue weighted by molar-refractivity contribution is 0.130. The van der Waals surface area contributed by atoms with Crippen molar-refractivity contribution in [3.8, 4) is 0 Å². The molecule has 2 nitrogen and oxygen atoms in total. The van der Waals surface area contributed by atoms with Crippen LogP contribution in [0.2, 0.25) is 0 Å². The molecule has 2 unspecified atom stereocenters. The fourth-order valence-electron chi connectivity index (χ4n) is 2.79. The second kappa shape index (κ2) is 4.15. The third-order valence-electron chi connectivity index (χ3n) is 3.74. The molecule has 0 bridgehead atoms. The molecule has 1 saturated heterocycles. The largest absolute Gasteiger partial charge is 0.312 e. The molecule has 0 saturated carbocycles. The van der Waals surface area contributed by atoms with Crippen molar-refractivity contribution in [2.75, 3.05) is 19.6 Å². The number of alkyl halides is 1. The summed E-state index contributed by atoms with van der Waals surface area (Å²) in [6.07, 6.45) is 0.351. The van der Waals surface area contributed by atoms with E-state index >= 15 is 0 Å². The minimum Gasteiger partial charge on any atom is -0.312 e. The number of nitrogens with one attached hydrogen (secondary N) is 1. The van der Waals surface area contributed by atoms with E-state index in [1.54, 1.807) is 0 Å². The van der Waals surface area contributed by atoms with E-state index in [1.165, 1.54) is 11.1 Å². The van der Waals surface area contributed by atoms with Crippen molar-refractivity contribution < 1.29 is 4.39 Å². The molecule has 0 spiro atoms. The molecule has 1 N–H and O–H groups in total. The molecule has 0 amide bonds. The van der Waals surface area contributed by atoms with Crippen molar-refractivity contribution in [3.05, 3.63) is 35.4 Å². The Kier molecular flexibility index (Phi) is 2.65. The number of rotatable bonds is 1. The Bertz CT molecular complexity index is 380. The van der Waals surface area contributed by atoms with E-state index in [-0.39, 0.29) is 6.04 Å². The minimum atomic E-state index is -0.703. The third kappa shape index (κ3) is 1.74. The van der Waals surface area contributed by atoms with Crippen LogP contribution in [-0.4, -0.2) is 36.7 Å². The van der Waals surface area contributed by atoms with Gasteiger partial charge in [-0.3, -0.25) is 4.90 Å². The van der Waals surface area contributed by atoms with Crippen LogP contribution in [0.4, 0.5) is 4.39 Å². The van der Waals surface area contributed by atoms with E-state index < -0.39 is 6.17 Å². The summed E-state index contributed by atoms with van der Waals surface area (Å²) < 4.78 is 13.6. The zero-order valence-electron chi connectivity index (χ0n) is 9.32. The average molecular weight is 220 g/mol. The van der Waals surface area contributed by atoms with Crippen LogP contribution in [0.1, 0.15) is 11.1 Å². The van der Waals surface area contributed by atoms with Gasteiger partial charge in [-0.2, -0.15) is 0 Å². The first-order valence-corrected chi connectivity index (χ1v) is 6.00. The Morgan fingerprint density at radius 3 is 2.75 bits per heavy atom. The molecule has 2 aliphatic heterocycles. The lowest BCUT2D eigenvalue weighted by atomic mass is 9.98. The summed E-state index contributed by atoms with van der Waals surface area (Å²) in [6.45, 7) is 3.21. The Balaban J connectivity index is 1.77. The molecule has 1 aromatic rings. The standard InChI is InChI=1S/C13H17FN2/c14-12-7-15-8-13(12)16-6-5-10-3-1-2-4-11(10)9-16/h1-4,12-13,15H,5-9H2. The molecule has 0 radical (unpaired) electrons. The lowest BCUT2D eigenvalue weighted by Gasteiger charge is -2.34. The first kappa shape index (κ1) is 10.2. The second-order valence-corrected chi connectivity index (χ2v) is 4.73. The van der Waals surface area contributed by atoms with Gasteiger partial charge in [0.2, 0.25) is 0 Å². The molecule has 3 heteroatoms. The maximum atomic E-state index is 13.6. The molecule has 1 fully saturated rings. The fourth-order valence-corrected chi connectivity index (χ4v) is 2.79. The van der Waals surface area contributed by atoms with Gasteiger partial charge < -0.3 is 5.32 Å². The van der Waals surface area contributed by atoms with Gasteiger partial charge in [-0.25, -0.2) is 4.39 Å². The van der Waals surface area contributed by atoms with E-state index in [4.69, 9.17) is 0 Å². The minimum absolute atomic E-state index is 0.0772. The molecule has 2 atom stereocenters. The highest BCUT2D eigenvalue weighted by Crippen LogP contribution is 2.23. The zero-order valence-corrected chi connectivity index (χ0v) is 9.32. The highest BCUT2D eigenvalue weighted by molar-refractivity contribution is 5.29. The van der Waals surface area contributed by atoms with Gasteiger partial charge in [0.1, 0.15) is 6.17 Å². The van der Waals surface area contributed by atoms with Crippen LogP contribution in [0.3, 0.4) is 0 Å². The maximum Gasteiger partial charge on any atom is 0.129 e. The number of benzene rings is 1. The lowest BCUT2D eigenvalue weighted by Crippen LogP contribution is -2.44. The number of nitrogens with zero attached hydrogens (tertiary/aromatic N) is 1. The average Bonchev–Trinajstić information content (AvgIpc) is 2.75. The highest BCUT2D eigenvalue weighted by atomic mass is 19.1. The third-order valence-corrected chi connectivity index (χ3v) is 3.74. The van der Waals surface area contributed by atoms with Crippen LogP contribution in [0.25, 0.3) is 0 Å². The Morgan fingerprint density at radius 2 is 2.00 bits per heavy atom. The molecule has 3 rings (SSSR count). The molecular weight excluding hydrogens is 203 g/mol. The maximum absolute atomic E-state index is 13.6. The summed E-state index contributed by atoms with van der Waals surface area (Å²) in [7, 11) is 0.